The fourth-order valence-electron chi connectivity index (χ4n) is 0.749. The van der Waals surface area contributed by atoms with E-state index in [1.54, 1.807) is 0 Å². The molecule has 1 aliphatic heterocycles. The molecule has 1 N–H and O–H groups in total. The maximum atomic E-state index is 10.0. The average molecular weight is 163 g/mol. The Morgan fingerprint density at radius 3 is 1.67 bits per heavy atom. The number of carbonyl (C=O) groups is 2. The van der Waals surface area contributed by atoms with Gasteiger partial charge < -0.3 is 0 Å². The molecule has 0 radical (unpaired) electrons. The molecule has 0 saturated carbocycles. The molecule has 0 fully saturated rings. The first kappa shape index (κ1) is 8.46. The van der Waals surface area contributed by atoms with Crippen LogP contribution in [-0.2, 0) is 9.59 Å². The van der Waals surface area contributed by atoms with Crippen molar-refractivity contribution < 1.29 is 9.59 Å². The van der Waals surface area contributed by atoms with Crippen molar-refractivity contribution in [3.8, 4) is 0 Å². The van der Waals surface area contributed by atoms with Gasteiger partial charge in [-0.05, 0) is 6.42 Å². The van der Waals surface area contributed by atoms with E-state index in [9.17, 15) is 9.59 Å². The normalized spacial score (nSPS) is 17.7. The first-order valence-corrected chi connectivity index (χ1v) is 3.64. The highest BCUT2D eigenvalue weighted by Crippen LogP contribution is 1.93. The van der Waals surface area contributed by atoms with Gasteiger partial charge in [-0.1, -0.05) is 24.3 Å². The summed E-state index contributed by atoms with van der Waals surface area (Å²) in [5.74, 6) is -0.657. The highest BCUT2D eigenvalue weighted by Gasteiger charge is 2.06. The zero-order valence-corrected chi connectivity index (χ0v) is 6.49. The average Bonchev–Trinajstić information content (AvgIpc) is 2.63. The van der Waals surface area contributed by atoms with Crippen molar-refractivity contribution in [2.45, 2.75) is 6.42 Å². The third-order valence-corrected chi connectivity index (χ3v) is 1.29. The van der Waals surface area contributed by atoms with Gasteiger partial charge in [0.15, 0.2) is 0 Å². The Balaban J connectivity index is 0.000000127. The van der Waals surface area contributed by atoms with Crippen LogP contribution in [0.3, 0.4) is 0 Å². The van der Waals surface area contributed by atoms with Gasteiger partial charge in [0.05, 0.1) is 0 Å². The van der Waals surface area contributed by atoms with Crippen molar-refractivity contribution in [3.63, 3.8) is 0 Å². The second-order valence-corrected chi connectivity index (χ2v) is 2.28. The summed E-state index contributed by atoms with van der Waals surface area (Å²) in [6.07, 6.45) is 11.9. The lowest BCUT2D eigenvalue weighted by molar-refractivity contribution is -0.123. The largest absolute Gasteiger partial charge is 0.289 e. The lowest BCUT2D eigenvalue weighted by Crippen LogP contribution is -2.19. The molecule has 3 heteroatoms. The number of allylic oxidation sites excluding steroid dienone is 4. The van der Waals surface area contributed by atoms with Crippen molar-refractivity contribution in [2.24, 2.45) is 0 Å². The van der Waals surface area contributed by atoms with Crippen LogP contribution < -0.4 is 5.32 Å². The molecule has 0 unspecified atom stereocenters. The topological polar surface area (TPSA) is 46.2 Å². The molecular formula is C9H9NO2. The van der Waals surface area contributed by atoms with Crippen LogP contribution in [0.1, 0.15) is 6.42 Å². The Hall–Kier alpha value is -1.64. The summed E-state index contributed by atoms with van der Waals surface area (Å²) in [5.41, 5.74) is 0. The zero-order chi connectivity index (χ0) is 8.81. The van der Waals surface area contributed by atoms with E-state index >= 15 is 0 Å². The van der Waals surface area contributed by atoms with Crippen LogP contribution in [0.5, 0.6) is 0 Å². The predicted octanol–water partition coefficient (Wildman–Crippen LogP) is 0.701. The van der Waals surface area contributed by atoms with Crippen LogP contribution in [0.15, 0.2) is 36.5 Å². The number of amides is 2. The number of hydrogen-bond donors (Lipinski definition) is 1. The summed E-state index contributed by atoms with van der Waals surface area (Å²) in [6.45, 7) is 0. The quantitative estimate of drug-likeness (QED) is 0.534. The summed E-state index contributed by atoms with van der Waals surface area (Å²) >= 11 is 0. The molecule has 1 aliphatic carbocycles. The molecule has 0 bridgehead atoms. The molecule has 0 saturated heterocycles. The van der Waals surface area contributed by atoms with Gasteiger partial charge in [-0.25, -0.2) is 0 Å². The SMILES string of the molecule is C1=CCC=C1.O=C1C=CC(=O)N1. The van der Waals surface area contributed by atoms with Crippen LogP contribution >= 0.6 is 0 Å². The predicted molar refractivity (Wildman–Crippen MR) is 45.2 cm³/mol. The second-order valence-electron chi connectivity index (χ2n) is 2.28. The Labute approximate surface area is 70.5 Å². The number of rotatable bonds is 0. The zero-order valence-electron chi connectivity index (χ0n) is 6.49. The Morgan fingerprint density at radius 2 is 1.50 bits per heavy atom. The van der Waals surface area contributed by atoms with E-state index in [1.807, 2.05) is 5.32 Å². The smallest absolute Gasteiger partial charge is 0.250 e. The van der Waals surface area contributed by atoms with E-state index in [0.29, 0.717) is 0 Å². The van der Waals surface area contributed by atoms with E-state index in [0.717, 1.165) is 6.42 Å². The van der Waals surface area contributed by atoms with Crippen LogP contribution in [0, 0.1) is 0 Å². The van der Waals surface area contributed by atoms with Crippen LogP contribution in [0.25, 0.3) is 0 Å². The molecule has 0 atom stereocenters. The minimum atomic E-state index is -0.329. The molecule has 3 nitrogen and oxygen atoms in total. The molecule has 1 heterocycles. The second kappa shape index (κ2) is 4.28. The summed E-state index contributed by atoms with van der Waals surface area (Å²) in [5, 5.41) is 2.03. The highest BCUT2D eigenvalue weighted by atomic mass is 16.2. The lowest BCUT2D eigenvalue weighted by atomic mass is 10.5. The molecule has 0 aromatic heterocycles. The van der Waals surface area contributed by atoms with Crippen molar-refractivity contribution in [1.29, 1.82) is 0 Å². The molecule has 0 aromatic carbocycles. The molecule has 2 rings (SSSR count). The maximum absolute atomic E-state index is 10.0. The third kappa shape index (κ3) is 2.96. The fraction of sp³-hybridized carbons (Fsp3) is 0.111. The summed E-state index contributed by atoms with van der Waals surface area (Å²) in [7, 11) is 0. The van der Waals surface area contributed by atoms with Crippen LogP contribution in [0.2, 0.25) is 0 Å². The summed E-state index contributed by atoms with van der Waals surface area (Å²) < 4.78 is 0. The van der Waals surface area contributed by atoms with E-state index in [4.69, 9.17) is 0 Å². The molecule has 12 heavy (non-hydrogen) atoms. The third-order valence-electron chi connectivity index (χ3n) is 1.29. The van der Waals surface area contributed by atoms with E-state index < -0.39 is 0 Å². The van der Waals surface area contributed by atoms with Gasteiger partial charge in [0.1, 0.15) is 0 Å². The molecular weight excluding hydrogens is 154 g/mol. The highest BCUT2D eigenvalue weighted by molar-refractivity contribution is 6.12. The Bertz CT molecular complexity index is 248. The van der Waals surface area contributed by atoms with Gasteiger partial charge in [-0.2, -0.15) is 0 Å². The number of hydrogen-bond acceptors (Lipinski definition) is 2. The van der Waals surface area contributed by atoms with Crippen molar-refractivity contribution in [1.82, 2.24) is 5.32 Å². The summed E-state index contributed by atoms with van der Waals surface area (Å²) in [4.78, 5) is 20.1. The van der Waals surface area contributed by atoms with Gasteiger partial charge >= 0.3 is 0 Å². The standard InChI is InChI=1S/C5H6.C4H3NO2/c1-2-4-5-3-1;6-3-1-2-4(7)5-3/h1-4H,5H2;1-2H,(H,5,6,7). The van der Waals surface area contributed by atoms with Crippen molar-refractivity contribution in [2.75, 3.05) is 0 Å². The van der Waals surface area contributed by atoms with E-state index in [1.165, 1.54) is 12.2 Å². The van der Waals surface area contributed by atoms with E-state index in [2.05, 4.69) is 24.3 Å². The molecule has 62 valence electrons. The van der Waals surface area contributed by atoms with Crippen LogP contribution in [0.4, 0.5) is 0 Å². The fourth-order valence-corrected chi connectivity index (χ4v) is 0.749. The monoisotopic (exact) mass is 163 g/mol. The maximum Gasteiger partial charge on any atom is 0.250 e. The molecule has 2 amide bonds. The number of imide groups is 1. The van der Waals surface area contributed by atoms with Gasteiger partial charge in [-0.3, -0.25) is 14.9 Å². The minimum absolute atomic E-state index is 0.329. The Morgan fingerprint density at radius 1 is 1.00 bits per heavy atom. The lowest BCUT2D eigenvalue weighted by Gasteiger charge is -1.80. The molecule has 0 aromatic rings. The first-order valence-electron chi connectivity index (χ1n) is 3.64. The van der Waals surface area contributed by atoms with Crippen molar-refractivity contribution in [3.05, 3.63) is 36.5 Å². The van der Waals surface area contributed by atoms with Crippen molar-refractivity contribution >= 4 is 11.8 Å². The minimum Gasteiger partial charge on any atom is -0.289 e. The number of nitrogens with one attached hydrogen (secondary N) is 1. The van der Waals surface area contributed by atoms with Gasteiger partial charge in [0, 0.05) is 12.2 Å². The van der Waals surface area contributed by atoms with Gasteiger partial charge in [0.2, 0.25) is 0 Å². The van der Waals surface area contributed by atoms with Crippen LogP contribution in [-0.4, -0.2) is 11.8 Å². The molecule has 2 aliphatic rings. The molecule has 0 spiro atoms. The first-order chi connectivity index (χ1) is 5.79. The van der Waals surface area contributed by atoms with Gasteiger partial charge in [-0.15, -0.1) is 0 Å². The Kier molecular flexibility index (Phi) is 3.02. The number of carbonyl (C=O) groups excluding carboxylic acids is 2. The van der Waals surface area contributed by atoms with E-state index in [-0.39, 0.29) is 11.8 Å². The summed E-state index contributed by atoms with van der Waals surface area (Å²) in [6, 6.07) is 0. The van der Waals surface area contributed by atoms with Gasteiger partial charge in [0.25, 0.3) is 11.8 Å².